The Morgan fingerprint density at radius 1 is 0.727 bits per heavy atom. The van der Waals surface area contributed by atoms with E-state index in [-0.39, 0.29) is 24.0 Å². The van der Waals surface area contributed by atoms with Crippen LogP contribution in [0.25, 0.3) is 0 Å². The number of carbonyl (C=O) groups excluding carboxylic acids is 1. The van der Waals surface area contributed by atoms with Crippen LogP contribution in [0.1, 0.15) is 148 Å². The van der Waals surface area contributed by atoms with Crippen molar-refractivity contribution >= 4 is 29.3 Å². The molecular weight excluding hydrogens is 709 g/mol. The van der Waals surface area contributed by atoms with Crippen LogP contribution in [0.5, 0.6) is 0 Å². The van der Waals surface area contributed by atoms with E-state index >= 15 is 0 Å². The van der Waals surface area contributed by atoms with Gasteiger partial charge >= 0.3 is 5.97 Å². The fourth-order valence-electron chi connectivity index (χ4n) is 7.27. The second-order valence-electron chi connectivity index (χ2n) is 14.5. The highest BCUT2D eigenvalue weighted by Crippen LogP contribution is 2.48. The lowest BCUT2D eigenvalue weighted by molar-refractivity contribution is -0.255. The molecule has 0 radical (unpaired) electrons. The van der Waals surface area contributed by atoms with Crippen molar-refractivity contribution in [3.8, 4) is 0 Å². The molecule has 0 spiro atoms. The molecule has 9 heteroatoms. The minimum absolute atomic E-state index is 0.00410. The number of aromatic carboxylic acids is 1. The predicted molar refractivity (Wildman–Crippen MR) is 220 cm³/mol. The number of hydrogen-bond acceptors (Lipinski definition) is 7. The second-order valence-corrected chi connectivity index (χ2v) is 15.5. The molecule has 3 aromatic carbocycles. The highest BCUT2D eigenvalue weighted by molar-refractivity contribution is 7.99. The number of carboxylic acids is 1. The summed E-state index contributed by atoms with van der Waals surface area (Å²) in [5, 5.41) is 23.1. The summed E-state index contributed by atoms with van der Waals surface area (Å²) >= 11 is 1.35. The first-order chi connectivity index (χ1) is 27.0. The molecule has 1 aromatic heterocycles. The van der Waals surface area contributed by atoms with Crippen LogP contribution in [-0.4, -0.2) is 38.9 Å². The fourth-order valence-corrected chi connectivity index (χ4v) is 8.33. The van der Waals surface area contributed by atoms with E-state index in [0.717, 1.165) is 35.1 Å². The molecule has 0 saturated carbocycles. The molecule has 1 aliphatic rings. The Kier molecular flexibility index (Phi) is 17.7. The number of carbonyl (C=O) groups is 2. The zero-order chi connectivity index (χ0) is 38.7. The van der Waals surface area contributed by atoms with Gasteiger partial charge in [0.15, 0.2) is 6.29 Å². The van der Waals surface area contributed by atoms with Crippen molar-refractivity contribution in [2.24, 2.45) is 0 Å². The van der Waals surface area contributed by atoms with Crippen LogP contribution in [0.4, 0.5) is 5.69 Å². The molecule has 8 nitrogen and oxygen atoms in total. The Morgan fingerprint density at radius 3 is 2.04 bits per heavy atom. The minimum atomic E-state index is -1.03. The van der Waals surface area contributed by atoms with Gasteiger partial charge in [-0.3, -0.25) is 4.79 Å². The monoisotopic (exact) mass is 766 g/mol. The van der Waals surface area contributed by atoms with E-state index in [1.807, 2.05) is 66.7 Å². The number of ether oxygens (including phenoxy) is 2. The van der Waals surface area contributed by atoms with E-state index in [1.165, 1.54) is 82.4 Å². The van der Waals surface area contributed by atoms with Crippen LogP contribution in [0, 0.1) is 0 Å². The summed E-state index contributed by atoms with van der Waals surface area (Å²) in [5.74, 6) is -0.867. The molecule has 55 heavy (non-hydrogen) atoms. The molecule has 1 aliphatic heterocycles. The predicted octanol–water partition coefficient (Wildman–Crippen LogP) is 11.4. The number of aromatic nitrogens is 1. The summed E-state index contributed by atoms with van der Waals surface area (Å²) in [6.07, 6.45) is 16.9. The molecule has 0 aliphatic carbocycles. The third-order valence-corrected chi connectivity index (χ3v) is 11.4. The number of aliphatic hydroxyl groups excluding tert-OH is 1. The lowest BCUT2D eigenvalue weighted by Crippen LogP contribution is -2.38. The number of anilines is 1. The third-order valence-electron chi connectivity index (χ3n) is 10.3. The molecule has 294 valence electrons. The Morgan fingerprint density at radius 2 is 1.38 bits per heavy atom. The summed E-state index contributed by atoms with van der Waals surface area (Å²) in [7, 11) is 0. The zero-order valence-corrected chi connectivity index (χ0v) is 33.1. The van der Waals surface area contributed by atoms with Crippen molar-refractivity contribution in [3.05, 3.63) is 125 Å². The summed E-state index contributed by atoms with van der Waals surface area (Å²) < 4.78 is 13.6. The number of nitrogens with one attached hydrogen (secondary N) is 1. The van der Waals surface area contributed by atoms with Crippen molar-refractivity contribution in [3.63, 3.8) is 0 Å². The summed E-state index contributed by atoms with van der Waals surface area (Å²) in [6, 6.07) is 28.6. The van der Waals surface area contributed by atoms with Gasteiger partial charge in [0.1, 0.15) is 5.03 Å². The Balaban J connectivity index is 1.23. The Labute approximate surface area is 331 Å². The molecule has 4 atom stereocenters. The number of pyridine rings is 1. The topological polar surface area (TPSA) is 118 Å². The molecule has 5 rings (SSSR count). The number of aliphatic hydroxyl groups is 1. The van der Waals surface area contributed by atoms with Gasteiger partial charge in [0.2, 0.25) is 5.91 Å². The van der Waals surface area contributed by atoms with E-state index in [4.69, 9.17) is 9.47 Å². The van der Waals surface area contributed by atoms with Gasteiger partial charge in [-0.15, -0.1) is 11.8 Å². The van der Waals surface area contributed by atoms with Gasteiger partial charge in [0.05, 0.1) is 24.4 Å². The number of rotatable bonds is 23. The van der Waals surface area contributed by atoms with Gasteiger partial charge in [0.25, 0.3) is 0 Å². The van der Waals surface area contributed by atoms with E-state index in [9.17, 15) is 19.8 Å². The maximum atomic E-state index is 13.0. The van der Waals surface area contributed by atoms with Crippen LogP contribution in [0.3, 0.4) is 0 Å². The van der Waals surface area contributed by atoms with Gasteiger partial charge in [-0.25, -0.2) is 9.78 Å². The highest BCUT2D eigenvalue weighted by atomic mass is 32.2. The summed E-state index contributed by atoms with van der Waals surface area (Å²) in [6.45, 7) is 2.20. The lowest BCUT2D eigenvalue weighted by atomic mass is 9.84. The number of nitrogens with zero attached hydrogens (tertiary/aromatic N) is 1. The van der Waals surface area contributed by atoms with Crippen molar-refractivity contribution < 1.29 is 29.3 Å². The zero-order valence-electron chi connectivity index (χ0n) is 32.2. The van der Waals surface area contributed by atoms with E-state index < -0.39 is 24.5 Å². The molecule has 1 saturated heterocycles. The average molecular weight is 767 g/mol. The Bertz CT molecular complexity index is 1740. The van der Waals surface area contributed by atoms with Crippen LogP contribution in [0.15, 0.2) is 102 Å². The van der Waals surface area contributed by atoms with E-state index in [0.29, 0.717) is 22.9 Å². The third kappa shape index (κ3) is 13.3. The molecule has 0 bridgehead atoms. The molecule has 4 aromatic rings. The van der Waals surface area contributed by atoms with Crippen LogP contribution in [-0.2, 0) is 20.9 Å². The van der Waals surface area contributed by atoms with Gasteiger partial charge in [-0.2, -0.15) is 0 Å². The smallest absolute Gasteiger partial charge is 0.338 e. The molecule has 1 unspecified atom stereocenters. The standard InChI is InChI=1S/C46H58N2O6S/c1-2-3-4-5-6-7-8-9-10-11-12-13-17-25-41(50)48-38-23-18-22-37(31-38)46-53-40(33-55-44-39(45(51)52)24-19-30-47-44)42(35-20-15-14-16-21-35)43(54-46)36-28-26-34(32-49)27-29-36/h14-16,18-24,26-31,40,42-43,46,49H,2-13,17,25,32-33H2,1H3,(H,48,50)(H,51,52)/t40-,42-,43+,46?/m1/s1. The number of benzene rings is 3. The second kappa shape index (κ2) is 23.1. The summed E-state index contributed by atoms with van der Waals surface area (Å²) in [4.78, 5) is 29.4. The Hall–Kier alpha value is -4.02. The van der Waals surface area contributed by atoms with Crippen LogP contribution < -0.4 is 5.32 Å². The number of carboxylic acid groups (broad SMARTS) is 1. The first-order valence-corrected chi connectivity index (χ1v) is 21.2. The number of amides is 1. The minimum Gasteiger partial charge on any atom is -0.478 e. The van der Waals surface area contributed by atoms with E-state index in [1.54, 1.807) is 18.3 Å². The average Bonchev–Trinajstić information content (AvgIpc) is 3.22. The molecular formula is C46H58N2O6S. The SMILES string of the molecule is CCCCCCCCCCCCCCCC(=O)Nc1cccc(C2O[C@H](CSc3ncccc3C(=O)O)[C@@H](c3ccccc3)[C@H](c3ccc(CO)cc3)O2)c1. The van der Waals surface area contributed by atoms with Crippen molar-refractivity contribution in [1.29, 1.82) is 0 Å². The van der Waals surface area contributed by atoms with Crippen molar-refractivity contribution in [1.82, 2.24) is 4.98 Å². The largest absolute Gasteiger partial charge is 0.478 e. The quantitative estimate of drug-likeness (QED) is 0.0504. The first kappa shape index (κ1) is 42.1. The molecule has 1 fully saturated rings. The molecule has 2 heterocycles. The maximum Gasteiger partial charge on any atom is 0.338 e. The summed E-state index contributed by atoms with van der Waals surface area (Å²) in [5.41, 5.74) is 4.35. The highest BCUT2D eigenvalue weighted by Gasteiger charge is 2.42. The van der Waals surface area contributed by atoms with Gasteiger partial charge in [-0.05, 0) is 47.4 Å². The van der Waals surface area contributed by atoms with Crippen molar-refractivity contribution in [2.75, 3.05) is 11.1 Å². The molecule has 3 N–H and O–H groups in total. The van der Waals surface area contributed by atoms with Gasteiger partial charge < -0.3 is 25.0 Å². The lowest BCUT2D eigenvalue weighted by Gasteiger charge is -2.43. The van der Waals surface area contributed by atoms with E-state index in [2.05, 4.69) is 29.4 Å². The fraction of sp³-hybridized carbons (Fsp3) is 0.457. The normalized spacial score (nSPS) is 18.2. The van der Waals surface area contributed by atoms with Crippen LogP contribution >= 0.6 is 11.8 Å². The van der Waals surface area contributed by atoms with Crippen LogP contribution in [0.2, 0.25) is 0 Å². The number of thioether (sulfide) groups is 1. The molecule has 1 amide bonds. The van der Waals surface area contributed by atoms with Crippen molar-refractivity contribution in [2.45, 2.75) is 133 Å². The first-order valence-electron chi connectivity index (χ1n) is 20.2. The maximum absolute atomic E-state index is 13.0. The van der Waals surface area contributed by atoms with Gasteiger partial charge in [0, 0.05) is 35.5 Å². The number of hydrogen-bond donors (Lipinski definition) is 3. The van der Waals surface area contributed by atoms with Gasteiger partial charge in [-0.1, -0.05) is 151 Å². The number of unbranched alkanes of at least 4 members (excludes halogenated alkanes) is 12.